The maximum absolute atomic E-state index is 14.1. The average molecular weight is 293 g/mol. The molecule has 0 bridgehead atoms. The smallest absolute Gasteiger partial charge is 0.261 e. The van der Waals surface area contributed by atoms with Gasteiger partial charge in [-0.25, -0.2) is 4.39 Å². The molecular weight excluding hydrogens is 281 g/mol. The molecule has 1 saturated heterocycles. The van der Waals surface area contributed by atoms with Crippen molar-refractivity contribution in [2.75, 3.05) is 11.5 Å². The van der Waals surface area contributed by atoms with Gasteiger partial charge in [0.2, 0.25) is 5.88 Å². The van der Waals surface area contributed by atoms with Gasteiger partial charge in [0.15, 0.2) is 5.69 Å². The number of thioether (sulfide) groups is 1. The molecular formula is C13H12FN3O2S. The molecule has 0 radical (unpaired) electrons. The minimum Gasteiger partial charge on any atom is -0.493 e. The largest absolute Gasteiger partial charge is 0.493 e. The third-order valence-corrected chi connectivity index (χ3v) is 4.44. The van der Waals surface area contributed by atoms with Crippen molar-refractivity contribution >= 4 is 34.3 Å². The number of fused-ring (bicyclic) bond motifs is 1. The second-order valence-corrected chi connectivity index (χ2v) is 5.66. The summed E-state index contributed by atoms with van der Waals surface area (Å²) >= 11 is 1.73. The van der Waals surface area contributed by atoms with Crippen molar-refractivity contribution in [2.45, 2.75) is 13.0 Å². The topological polar surface area (TPSA) is 66.9 Å². The molecule has 1 fully saturated rings. The first-order valence-electron chi connectivity index (χ1n) is 6.11. The van der Waals surface area contributed by atoms with Crippen LogP contribution < -0.4 is 0 Å². The van der Waals surface area contributed by atoms with Crippen LogP contribution >= 0.6 is 11.8 Å². The summed E-state index contributed by atoms with van der Waals surface area (Å²) in [6.45, 7) is 1.27. The first kappa shape index (κ1) is 13.1. The van der Waals surface area contributed by atoms with Crippen LogP contribution in [0.5, 0.6) is 5.88 Å². The van der Waals surface area contributed by atoms with Crippen LogP contribution in [0, 0.1) is 5.82 Å². The zero-order valence-electron chi connectivity index (χ0n) is 10.7. The van der Waals surface area contributed by atoms with Crippen molar-refractivity contribution in [3.63, 3.8) is 0 Å². The van der Waals surface area contributed by atoms with Gasteiger partial charge in [0.25, 0.3) is 5.91 Å². The highest BCUT2D eigenvalue weighted by molar-refractivity contribution is 8.00. The highest BCUT2D eigenvalue weighted by Gasteiger charge is 2.28. The summed E-state index contributed by atoms with van der Waals surface area (Å²) in [4.78, 5) is 10.9. The van der Waals surface area contributed by atoms with Gasteiger partial charge >= 0.3 is 0 Å². The van der Waals surface area contributed by atoms with Gasteiger partial charge in [0, 0.05) is 23.8 Å². The normalized spacial score (nSPS) is 15.9. The first-order valence-corrected chi connectivity index (χ1v) is 7.26. The van der Waals surface area contributed by atoms with Gasteiger partial charge in [0.05, 0.1) is 11.6 Å². The van der Waals surface area contributed by atoms with E-state index in [4.69, 9.17) is 0 Å². The molecule has 0 spiro atoms. The van der Waals surface area contributed by atoms with E-state index in [1.54, 1.807) is 28.5 Å². The lowest BCUT2D eigenvalue weighted by Gasteiger charge is -2.27. The Bertz CT molecular complexity index is 722. The summed E-state index contributed by atoms with van der Waals surface area (Å²) < 4.78 is 15.6. The van der Waals surface area contributed by atoms with Crippen molar-refractivity contribution in [1.29, 1.82) is 0 Å². The molecule has 7 heteroatoms. The molecule has 1 aliphatic heterocycles. The molecule has 1 N–H and O–H groups in total. The molecule has 0 atom stereocenters. The molecule has 104 valence electrons. The maximum Gasteiger partial charge on any atom is 0.261 e. The molecule has 0 saturated carbocycles. The SMILES string of the molecule is CC(=O)N=Nc1c(O)n(C2CSC2)c2c(F)cccc12. The first-order chi connectivity index (χ1) is 9.59. The Balaban J connectivity index is 2.27. The number of nitrogens with zero attached hydrogens (tertiary/aromatic N) is 3. The third-order valence-electron chi connectivity index (χ3n) is 3.20. The van der Waals surface area contributed by atoms with Crippen LogP contribution in [0.15, 0.2) is 28.4 Å². The second-order valence-electron chi connectivity index (χ2n) is 4.59. The maximum atomic E-state index is 14.1. The summed E-state index contributed by atoms with van der Waals surface area (Å²) in [5, 5.41) is 18.0. The number of halogens is 1. The molecule has 1 aromatic carbocycles. The Morgan fingerprint density at radius 3 is 2.85 bits per heavy atom. The molecule has 3 rings (SSSR count). The molecule has 2 aromatic rings. The number of amides is 1. The summed E-state index contributed by atoms with van der Waals surface area (Å²) in [5.74, 6) is 0.601. The number of aromatic nitrogens is 1. The summed E-state index contributed by atoms with van der Waals surface area (Å²) in [6.07, 6.45) is 0. The van der Waals surface area contributed by atoms with E-state index >= 15 is 0 Å². The van der Waals surface area contributed by atoms with Gasteiger partial charge in [-0.15, -0.1) is 10.2 Å². The number of para-hydroxylation sites is 1. The number of hydrogen-bond acceptors (Lipinski definition) is 4. The van der Waals surface area contributed by atoms with Crippen LogP contribution in [0.25, 0.3) is 10.9 Å². The van der Waals surface area contributed by atoms with Crippen molar-refractivity contribution in [3.8, 4) is 5.88 Å². The highest BCUT2D eigenvalue weighted by atomic mass is 32.2. The van der Waals surface area contributed by atoms with Crippen LogP contribution in [0.1, 0.15) is 13.0 Å². The second kappa shape index (κ2) is 4.90. The molecule has 20 heavy (non-hydrogen) atoms. The number of rotatable bonds is 2. The fourth-order valence-corrected chi connectivity index (χ4v) is 2.98. The van der Waals surface area contributed by atoms with E-state index in [2.05, 4.69) is 10.2 Å². The van der Waals surface area contributed by atoms with Crippen LogP contribution in [-0.2, 0) is 4.79 Å². The summed E-state index contributed by atoms with van der Waals surface area (Å²) in [7, 11) is 0. The van der Waals surface area contributed by atoms with Crippen molar-refractivity contribution in [1.82, 2.24) is 4.57 Å². The van der Waals surface area contributed by atoms with Crippen LogP contribution in [0.2, 0.25) is 0 Å². The van der Waals surface area contributed by atoms with Crippen LogP contribution in [0.4, 0.5) is 10.1 Å². The van der Waals surface area contributed by atoms with Gasteiger partial charge in [-0.2, -0.15) is 11.8 Å². The van der Waals surface area contributed by atoms with Crippen LogP contribution in [0.3, 0.4) is 0 Å². The van der Waals surface area contributed by atoms with E-state index in [9.17, 15) is 14.3 Å². The van der Waals surface area contributed by atoms with E-state index in [1.165, 1.54) is 13.0 Å². The lowest BCUT2D eigenvalue weighted by Crippen LogP contribution is -2.22. The number of aromatic hydroxyl groups is 1. The Morgan fingerprint density at radius 1 is 1.50 bits per heavy atom. The number of carbonyl (C=O) groups is 1. The minimum atomic E-state index is -0.471. The number of azo groups is 1. The number of hydrogen-bond donors (Lipinski definition) is 1. The van der Waals surface area contributed by atoms with Gasteiger partial charge < -0.3 is 9.67 Å². The van der Waals surface area contributed by atoms with Crippen molar-refractivity contribution in [3.05, 3.63) is 24.0 Å². The zero-order chi connectivity index (χ0) is 14.3. The molecule has 1 amide bonds. The van der Waals surface area contributed by atoms with Gasteiger partial charge in [-0.3, -0.25) is 4.79 Å². The molecule has 2 heterocycles. The Morgan fingerprint density at radius 2 is 2.25 bits per heavy atom. The molecule has 1 aromatic heterocycles. The van der Waals surface area contributed by atoms with Crippen LogP contribution in [-0.4, -0.2) is 27.1 Å². The van der Waals surface area contributed by atoms with Gasteiger partial charge in [-0.05, 0) is 6.07 Å². The third kappa shape index (κ3) is 1.98. The highest BCUT2D eigenvalue weighted by Crippen LogP contribution is 2.45. The fourth-order valence-electron chi connectivity index (χ4n) is 2.24. The van der Waals surface area contributed by atoms with E-state index in [-0.39, 0.29) is 17.6 Å². The quantitative estimate of drug-likeness (QED) is 0.863. The summed E-state index contributed by atoms with van der Waals surface area (Å²) in [5.41, 5.74) is 0.458. The average Bonchev–Trinajstić information content (AvgIpc) is 2.60. The Labute approximate surface area is 118 Å². The molecule has 1 aliphatic rings. The predicted molar refractivity (Wildman–Crippen MR) is 75.1 cm³/mol. The number of carbonyl (C=O) groups excluding carboxylic acids is 1. The molecule has 0 unspecified atom stereocenters. The van der Waals surface area contributed by atoms with Gasteiger partial charge in [0.1, 0.15) is 5.82 Å². The van der Waals surface area contributed by atoms with E-state index in [0.717, 1.165) is 11.5 Å². The standard InChI is InChI=1S/C13H12FN3O2S/c1-7(18)15-16-11-9-3-2-4-10(14)12(9)17(13(11)19)8-5-20-6-8/h2-4,8,19H,5-6H2,1H3. The molecule has 5 nitrogen and oxygen atoms in total. The Hall–Kier alpha value is -1.89. The fraction of sp³-hybridized carbons (Fsp3) is 0.308. The Kier molecular flexibility index (Phi) is 3.21. The van der Waals surface area contributed by atoms with E-state index in [0.29, 0.717) is 10.9 Å². The number of benzene rings is 1. The summed E-state index contributed by atoms with van der Waals surface area (Å²) in [6, 6.07) is 4.59. The predicted octanol–water partition coefficient (Wildman–Crippen LogP) is 3.40. The zero-order valence-corrected chi connectivity index (χ0v) is 11.5. The van der Waals surface area contributed by atoms with Crippen molar-refractivity contribution < 1.29 is 14.3 Å². The molecule has 0 aliphatic carbocycles. The monoisotopic (exact) mass is 293 g/mol. The lowest BCUT2D eigenvalue weighted by molar-refractivity contribution is -0.116. The van der Waals surface area contributed by atoms with Gasteiger partial charge in [-0.1, -0.05) is 12.1 Å². The van der Waals surface area contributed by atoms with E-state index in [1.807, 2.05) is 0 Å². The minimum absolute atomic E-state index is 0.0423. The lowest BCUT2D eigenvalue weighted by atomic mass is 10.2. The van der Waals surface area contributed by atoms with Crippen molar-refractivity contribution in [2.24, 2.45) is 10.2 Å². The van der Waals surface area contributed by atoms with E-state index < -0.39 is 11.7 Å².